The molecule has 0 atom stereocenters. The van der Waals surface area contributed by atoms with E-state index in [0.29, 0.717) is 42.8 Å². The summed E-state index contributed by atoms with van der Waals surface area (Å²) < 4.78 is 0. The molecule has 2 aromatic rings. The average Bonchev–Trinajstić information content (AvgIpc) is 2.82. The van der Waals surface area contributed by atoms with Crippen LogP contribution in [-0.4, -0.2) is 47.0 Å². The number of carbonyl (C=O) groups excluding carboxylic acids is 1. The molecule has 1 aromatic carbocycles. The third kappa shape index (κ3) is 4.03. The lowest BCUT2D eigenvalue weighted by Gasteiger charge is -2.21. The van der Waals surface area contributed by atoms with E-state index in [1.54, 1.807) is 28.2 Å². The van der Waals surface area contributed by atoms with Gasteiger partial charge in [0.25, 0.3) is 5.91 Å². The minimum atomic E-state index is -0.167. The second kappa shape index (κ2) is 7.56. The maximum atomic E-state index is 12.8. The molecule has 6 nitrogen and oxygen atoms in total. The van der Waals surface area contributed by atoms with Gasteiger partial charge < -0.3 is 4.90 Å². The third-order valence-electron chi connectivity index (χ3n) is 3.84. The van der Waals surface area contributed by atoms with Gasteiger partial charge in [0.15, 0.2) is 0 Å². The molecule has 1 saturated heterocycles. The molecule has 0 spiro atoms. The third-order valence-corrected chi connectivity index (χ3v) is 4.66. The molecular formula is C17H18Cl2N4O2. The number of nitrogens with zero attached hydrogens (tertiary/aromatic N) is 4. The largest absolute Gasteiger partial charge is 0.334 e. The zero-order valence-corrected chi connectivity index (χ0v) is 15.5. The number of anilines is 1. The molecule has 0 saturated carbocycles. The van der Waals surface area contributed by atoms with Gasteiger partial charge in [-0.3, -0.25) is 9.63 Å². The summed E-state index contributed by atoms with van der Waals surface area (Å²) in [4.78, 5) is 29.0. The van der Waals surface area contributed by atoms with Crippen molar-refractivity contribution >= 4 is 35.1 Å². The summed E-state index contributed by atoms with van der Waals surface area (Å²) in [5, 5.41) is 2.27. The molecule has 0 unspecified atom stereocenters. The summed E-state index contributed by atoms with van der Waals surface area (Å²) in [6.45, 7) is 5.55. The van der Waals surface area contributed by atoms with Gasteiger partial charge in [-0.1, -0.05) is 29.3 Å². The number of hydrogen-bond donors (Lipinski definition) is 0. The quantitative estimate of drug-likeness (QED) is 0.799. The van der Waals surface area contributed by atoms with Crippen LogP contribution in [0.3, 0.4) is 0 Å². The van der Waals surface area contributed by atoms with E-state index in [1.807, 2.05) is 19.9 Å². The molecule has 0 N–H and O–H groups in total. The molecule has 132 valence electrons. The number of hydrogen-bond acceptors (Lipinski definition) is 5. The Morgan fingerprint density at radius 2 is 1.84 bits per heavy atom. The van der Waals surface area contributed by atoms with E-state index in [0.717, 1.165) is 11.4 Å². The summed E-state index contributed by atoms with van der Waals surface area (Å²) >= 11 is 12.2. The molecule has 1 fully saturated rings. The normalized spacial score (nSPS) is 15.2. The smallest absolute Gasteiger partial charge is 0.255 e. The van der Waals surface area contributed by atoms with E-state index in [9.17, 15) is 4.79 Å². The second-order valence-electron chi connectivity index (χ2n) is 5.78. The van der Waals surface area contributed by atoms with Gasteiger partial charge in [0.05, 0.1) is 28.8 Å². The van der Waals surface area contributed by atoms with Gasteiger partial charge >= 0.3 is 0 Å². The highest BCUT2D eigenvalue weighted by Gasteiger charge is 2.24. The molecule has 3 rings (SSSR count). The van der Waals surface area contributed by atoms with Crippen LogP contribution in [0.2, 0.25) is 10.0 Å². The molecular weight excluding hydrogens is 363 g/mol. The van der Waals surface area contributed by atoms with Crippen molar-refractivity contribution in [1.82, 2.24) is 14.9 Å². The van der Waals surface area contributed by atoms with Gasteiger partial charge in [-0.15, -0.1) is 0 Å². The molecule has 2 heterocycles. The number of aromatic nitrogens is 2. The summed E-state index contributed by atoms with van der Waals surface area (Å²) in [6.07, 6.45) is 0. The summed E-state index contributed by atoms with van der Waals surface area (Å²) in [6, 6.07) is 6.95. The Balaban J connectivity index is 1.75. The van der Waals surface area contributed by atoms with Crippen LogP contribution >= 0.6 is 23.2 Å². The Morgan fingerprint density at radius 1 is 1.12 bits per heavy atom. The van der Waals surface area contributed by atoms with Crippen molar-refractivity contribution in [2.24, 2.45) is 0 Å². The van der Waals surface area contributed by atoms with Gasteiger partial charge in [0.1, 0.15) is 0 Å². The number of halogens is 2. The minimum absolute atomic E-state index is 0.167. The van der Waals surface area contributed by atoms with E-state index >= 15 is 0 Å². The molecule has 1 aliphatic heterocycles. The maximum Gasteiger partial charge on any atom is 0.255 e. The minimum Gasteiger partial charge on any atom is -0.334 e. The van der Waals surface area contributed by atoms with Gasteiger partial charge in [-0.2, -0.15) is 0 Å². The van der Waals surface area contributed by atoms with Crippen molar-refractivity contribution in [2.75, 3.05) is 31.3 Å². The number of benzene rings is 1. The highest BCUT2D eigenvalue weighted by atomic mass is 35.5. The zero-order valence-electron chi connectivity index (χ0n) is 14.0. The molecule has 1 amide bonds. The molecule has 0 bridgehead atoms. The predicted octanol–water partition coefficient (Wildman–Crippen LogP) is 3.29. The number of aryl methyl sites for hydroxylation is 2. The van der Waals surface area contributed by atoms with Crippen LogP contribution < -0.4 is 5.06 Å². The van der Waals surface area contributed by atoms with Gasteiger partial charge in [0, 0.05) is 24.5 Å². The van der Waals surface area contributed by atoms with Gasteiger partial charge in [-0.25, -0.2) is 15.0 Å². The number of amides is 1. The van der Waals surface area contributed by atoms with E-state index in [2.05, 4.69) is 9.97 Å². The van der Waals surface area contributed by atoms with Crippen LogP contribution in [-0.2, 0) is 4.84 Å². The van der Waals surface area contributed by atoms with E-state index in [-0.39, 0.29) is 10.9 Å². The predicted molar refractivity (Wildman–Crippen MR) is 97.2 cm³/mol. The number of rotatable bonds is 2. The fraction of sp³-hybridized carbons (Fsp3) is 0.353. The van der Waals surface area contributed by atoms with Crippen molar-refractivity contribution in [1.29, 1.82) is 0 Å². The van der Waals surface area contributed by atoms with E-state index < -0.39 is 0 Å². The van der Waals surface area contributed by atoms with Crippen LogP contribution in [0.4, 0.5) is 5.95 Å². The van der Waals surface area contributed by atoms with Crippen LogP contribution in [0, 0.1) is 13.8 Å². The monoisotopic (exact) mass is 380 g/mol. The van der Waals surface area contributed by atoms with Crippen LogP contribution in [0.5, 0.6) is 0 Å². The van der Waals surface area contributed by atoms with Crippen molar-refractivity contribution < 1.29 is 9.63 Å². The first kappa shape index (κ1) is 17.9. The fourth-order valence-electron chi connectivity index (χ4n) is 2.67. The lowest BCUT2D eigenvalue weighted by molar-refractivity contribution is 0.0729. The lowest BCUT2D eigenvalue weighted by atomic mass is 10.2. The summed E-state index contributed by atoms with van der Waals surface area (Å²) in [7, 11) is 0. The summed E-state index contributed by atoms with van der Waals surface area (Å²) in [5.41, 5.74) is 2.13. The first-order valence-corrected chi connectivity index (χ1v) is 8.67. The molecule has 25 heavy (non-hydrogen) atoms. The first-order chi connectivity index (χ1) is 12.0. The Hall–Kier alpha value is -1.89. The summed E-state index contributed by atoms with van der Waals surface area (Å²) in [5.74, 6) is 0.340. The van der Waals surface area contributed by atoms with Crippen LogP contribution in [0.15, 0.2) is 24.3 Å². The standard InChI is InChI=1S/C17H18Cl2N4O2/c1-11-10-12(2)21-17(20-11)23-7-6-22(8-9-25-23)16(24)13-4-3-5-14(18)15(13)19/h3-5,10H,6-9H2,1-2H3. The second-order valence-corrected chi connectivity index (χ2v) is 6.56. The molecule has 1 aromatic heterocycles. The van der Waals surface area contributed by atoms with Gasteiger partial charge in [0.2, 0.25) is 5.95 Å². The van der Waals surface area contributed by atoms with Crippen LogP contribution in [0.1, 0.15) is 21.7 Å². The number of carbonyl (C=O) groups is 1. The SMILES string of the molecule is Cc1cc(C)nc(N2CCN(C(=O)c3cccc(Cl)c3Cl)CCO2)n1. The Bertz CT molecular complexity index is 780. The average molecular weight is 381 g/mol. The molecule has 8 heteroatoms. The van der Waals surface area contributed by atoms with E-state index in [4.69, 9.17) is 28.0 Å². The Kier molecular flexibility index (Phi) is 5.42. The van der Waals surface area contributed by atoms with Crippen molar-refractivity contribution in [3.8, 4) is 0 Å². The van der Waals surface area contributed by atoms with Crippen LogP contribution in [0.25, 0.3) is 0 Å². The maximum absolute atomic E-state index is 12.8. The first-order valence-electron chi connectivity index (χ1n) is 7.92. The van der Waals surface area contributed by atoms with Gasteiger partial charge in [-0.05, 0) is 32.0 Å². The zero-order chi connectivity index (χ0) is 18.0. The van der Waals surface area contributed by atoms with Crippen molar-refractivity contribution in [3.05, 3.63) is 51.3 Å². The Labute approximate surface area is 156 Å². The highest BCUT2D eigenvalue weighted by molar-refractivity contribution is 6.43. The molecule has 0 radical (unpaired) electrons. The highest BCUT2D eigenvalue weighted by Crippen LogP contribution is 2.26. The molecule has 1 aliphatic rings. The Morgan fingerprint density at radius 3 is 2.56 bits per heavy atom. The fourth-order valence-corrected chi connectivity index (χ4v) is 3.05. The topological polar surface area (TPSA) is 58.6 Å². The molecule has 0 aliphatic carbocycles. The lowest BCUT2D eigenvalue weighted by Crippen LogP contribution is -2.36. The number of hydroxylamine groups is 1. The van der Waals surface area contributed by atoms with Crippen molar-refractivity contribution in [2.45, 2.75) is 13.8 Å². The van der Waals surface area contributed by atoms with E-state index in [1.165, 1.54) is 0 Å². The van der Waals surface area contributed by atoms with Crippen molar-refractivity contribution in [3.63, 3.8) is 0 Å².